The summed E-state index contributed by atoms with van der Waals surface area (Å²) in [6.07, 6.45) is 0.762. The van der Waals surface area contributed by atoms with Gasteiger partial charge >= 0.3 is 0 Å². The fourth-order valence-corrected chi connectivity index (χ4v) is 4.21. The third kappa shape index (κ3) is 4.79. The minimum atomic E-state index is 0.132. The lowest BCUT2D eigenvalue weighted by Gasteiger charge is -2.41. The summed E-state index contributed by atoms with van der Waals surface area (Å²) in [6.45, 7) is 8.27. The molecule has 25 heavy (non-hydrogen) atoms. The van der Waals surface area contributed by atoms with Crippen molar-refractivity contribution in [1.29, 1.82) is 0 Å². The second kappa shape index (κ2) is 8.27. The summed E-state index contributed by atoms with van der Waals surface area (Å²) in [5.74, 6) is 2.05. The molecule has 0 aliphatic carbocycles. The highest BCUT2D eigenvalue weighted by Gasteiger charge is 2.27. The van der Waals surface area contributed by atoms with Crippen LogP contribution in [0.15, 0.2) is 28.0 Å². The van der Waals surface area contributed by atoms with Gasteiger partial charge in [-0.15, -0.1) is 11.3 Å². The van der Waals surface area contributed by atoms with Crippen molar-refractivity contribution in [3.8, 4) is 0 Å². The molecule has 6 heteroatoms. The van der Waals surface area contributed by atoms with Crippen LogP contribution in [0.3, 0.4) is 0 Å². The SMILES string of the molecule is CC(=O)c1cc(CN2CCN(Cc3ccc(C)o3)[C@H](CCO)C2)cs1. The molecule has 0 spiro atoms. The largest absolute Gasteiger partial charge is 0.465 e. The van der Waals surface area contributed by atoms with E-state index in [9.17, 15) is 9.90 Å². The number of thiophene rings is 1. The zero-order chi connectivity index (χ0) is 17.8. The van der Waals surface area contributed by atoms with Gasteiger partial charge in [-0.25, -0.2) is 0 Å². The van der Waals surface area contributed by atoms with Gasteiger partial charge in [-0.2, -0.15) is 0 Å². The van der Waals surface area contributed by atoms with Crippen LogP contribution in [0.1, 0.15) is 40.1 Å². The van der Waals surface area contributed by atoms with Crippen LogP contribution in [0.25, 0.3) is 0 Å². The van der Waals surface area contributed by atoms with Crippen molar-refractivity contribution in [2.24, 2.45) is 0 Å². The Morgan fingerprint density at radius 3 is 2.84 bits per heavy atom. The molecule has 0 unspecified atom stereocenters. The molecule has 1 fully saturated rings. The number of furan rings is 1. The number of ketones is 1. The van der Waals surface area contributed by atoms with Crippen molar-refractivity contribution < 1.29 is 14.3 Å². The van der Waals surface area contributed by atoms with Crippen LogP contribution < -0.4 is 0 Å². The molecule has 3 rings (SSSR count). The number of carbonyl (C=O) groups is 1. The summed E-state index contributed by atoms with van der Waals surface area (Å²) in [5.41, 5.74) is 1.20. The molecular formula is C19H26N2O3S. The highest BCUT2D eigenvalue weighted by atomic mass is 32.1. The minimum absolute atomic E-state index is 0.132. The second-order valence-electron chi connectivity index (χ2n) is 6.76. The zero-order valence-corrected chi connectivity index (χ0v) is 15.7. The van der Waals surface area contributed by atoms with Crippen molar-refractivity contribution in [2.75, 3.05) is 26.2 Å². The van der Waals surface area contributed by atoms with Crippen LogP contribution in [0.2, 0.25) is 0 Å². The number of aryl methyl sites for hydroxylation is 1. The van der Waals surface area contributed by atoms with E-state index in [-0.39, 0.29) is 12.4 Å². The third-order valence-corrected chi connectivity index (χ3v) is 5.79. The zero-order valence-electron chi connectivity index (χ0n) is 14.9. The first-order valence-electron chi connectivity index (χ1n) is 8.76. The van der Waals surface area contributed by atoms with E-state index in [1.165, 1.54) is 16.9 Å². The van der Waals surface area contributed by atoms with E-state index < -0.39 is 0 Å². The lowest BCUT2D eigenvalue weighted by Crippen LogP contribution is -2.52. The summed E-state index contributed by atoms with van der Waals surface area (Å²) in [7, 11) is 0. The van der Waals surface area contributed by atoms with E-state index in [0.29, 0.717) is 6.04 Å². The molecule has 1 aliphatic rings. The number of Topliss-reactive ketones (excluding diaryl/α,β-unsaturated/α-hetero) is 1. The van der Waals surface area contributed by atoms with Crippen LogP contribution in [-0.2, 0) is 13.1 Å². The van der Waals surface area contributed by atoms with Crippen LogP contribution in [-0.4, -0.2) is 53.0 Å². The molecule has 136 valence electrons. The minimum Gasteiger partial charge on any atom is -0.465 e. The number of aliphatic hydroxyl groups excluding tert-OH is 1. The number of aliphatic hydroxyl groups is 1. The first-order chi connectivity index (χ1) is 12.0. The van der Waals surface area contributed by atoms with Gasteiger partial charge in [-0.1, -0.05) is 0 Å². The van der Waals surface area contributed by atoms with E-state index >= 15 is 0 Å². The maximum absolute atomic E-state index is 11.5. The molecule has 5 nitrogen and oxygen atoms in total. The molecule has 0 bridgehead atoms. The van der Waals surface area contributed by atoms with E-state index in [0.717, 1.165) is 55.5 Å². The number of hydrogen-bond acceptors (Lipinski definition) is 6. The van der Waals surface area contributed by atoms with Gasteiger partial charge in [-0.3, -0.25) is 14.6 Å². The lowest BCUT2D eigenvalue weighted by molar-refractivity contribution is 0.0455. The molecule has 0 saturated carbocycles. The highest BCUT2D eigenvalue weighted by molar-refractivity contribution is 7.12. The highest BCUT2D eigenvalue weighted by Crippen LogP contribution is 2.21. The fourth-order valence-electron chi connectivity index (χ4n) is 3.40. The average molecular weight is 362 g/mol. The van der Waals surface area contributed by atoms with E-state index in [1.54, 1.807) is 6.92 Å². The first-order valence-corrected chi connectivity index (χ1v) is 9.64. The monoisotopic (exact) mass is 362 g/mol. The first kappa shape index (κ1) is 18.3. The summed E-state index contributed by atoms with van der Waals surface area (Å²) >= 11 is 1.52. The molecular weight excluding hydrogens is 336 g/mol. The maximum Gasteiger partial charge on any atom is 0.169 e. The molecule has 1 atom stereocenters. The van der Waals surface area contributed by atoms with Gasteiger partial charge in [0.2, 0.25) is 0 Å². The van der Waals surface area contributed by atoms with E-state index in [1.807, 2.05) is 25.1 Å². The number of piperazine rings is 1. The average Bonchev–Trinajstić information content (AvgIpc) is 3.19. The Bertz CT molecular complexity index is 709. The second-order valence-corrected chi connectivity index (χ2v) is 7.67. The molecule has 2 aromatic rings. The number of carbonyl (C=O) groups excluding carboxylic acids is 1. The van der Waals surface area contributed by atoms with Crippen LogP contribution in [0, 0.1) is 6.92 Å². The Hall–Kier alpha value is -1.47. The molecule has 1 saturated heterocycles. The molecule has 1 aliphatic heterocycles. The Labute approximate surface area is 152 Å². The number of hydrogen-bond donors (Lipinski definition) is 1. The van der Waals surface area contributed by atoms with Gasteiger partial charge in [0.1, 0.15) is 11.5 Å². The van der Waals surface area contributed by atoms with Gasteiger partial charge in [0.25, 0.3) is 0 Å². The molecule has 2 aromatic heterocycles. The van der Waals surface area contributed by atoms with E-state index in [2.05, 4.69) is 15.2 Å². The van der Waals surface area contributed by atoms with Crippen LogP contribution in [0.5, 0.6) is 0 Å². The molecule has 0 aromatic carbocycles. The summed E-state index contributed by atoms with van der Waals surface area (Å²) in [6, 6.07) is 6.35. The van der Waals surface area contributed by atoms with Crippen molar-refractivity contribution in [3.63, 3.8) is 0 Å². The summed E-state index contributed by atoms with van der Waals surface area (Å²) < 4.78 is 5.71. The van der Waals surface area contributed by atoms with Crippen LogP contribution in [0.4, 0.5) is 0 Å². The quantitative estimate of drug-likeness (QED) is 0.768. The Kier molecular flexibility index (Phi) is 6.06. The van der Waals surface area contributed by atoms with Gasteiger partial charge in [0.15, 0.2) is 5.78 Å². The number of rotatable bonds is 7. The summed E-state index contributed by atoms with van der Waals surface area (Å²) in [4.78, 5) is 17.1. The lowest BCUT2D eigenvalue weighted by atomic mass is 10.1. The predicted octanol–water partition coefficient (Wildman–Crippen LogP) is 2.92. The Morgan fingerprint density at radius 1 is 1.36 bits per heavy atom. The Balaban J connectivity index is 1.60. The van der Waals surface area contributed by atoms with Crippen molar-refractivity contribution in [3.05, 3.63) is 45.5 Å². The molecule has 3 heterocycles. The van der Waals surface area contributed by atoms with Crippen LogP contribution >= 0.6 is 11.3 Å². The van der Waals surface area contributed by atoms with E-state index in [4.69, 9.17) is 4.42 Å². The standard InChI is InChI=1S/C19H26N2O3S/c1-14-3-4-18(24-14)12-21-7-6-20(11-17(21)5-8-22)10-16-9-19(15(2)23)25-13-16/h3-4,9,13,17,22H,5-8,10-12H2,1-2H3/t17-/m1/s1. The van der Waals surface area contributed by atoms with Gasteiger partial charge in [0, 0.05) is 38.8 Å². The third-order valence-electron chi connectivity index (χ3n) is 4.71. The molecule has 0 radical (unpaired) electrons. The number of nitrogens with zero attached hydrogens (tertiary/aromatic N) is 2. The normalized spacial score (nSPS) is 19.4. The fraction of sp³-hybridized carbons (Fsp3) is 0.526. The smallest absolute Gasteiger partial charge is 0.169 e. The Morgan fingerprint density at radius 2 is 2.20 bits per heavy atom. The van der Waals surface area contributed by atoms with Crippen molar-refractivity contribution >= 4 is 17.1 Å². The van der Waals surface area contributed by atoms with Gasteiger partial charge in [-0.05, 0) is 49.4 Å². The maximum atomic E-state index is 11.5. The topological polar surface area (TPSA) is 56.9 Å². The van der Waals surface area contributed by atoms with Crippen molar-refractivity contribution in [2.45, 2.75) is 39.4 Å². The summed E-state index contributed by atoms with van der Waals surface area (Å²) in [5, 5.41) is 11.5. The van der Waals surface area contributed by atoms with Gasteiger partial charge in [0.05, 0.1) is 11.4 Å². The van der Waals surface area contributed by atoms with Gasteiger partial charge < -0.3 is 9.52 Å². The van der Waals surface area contributed by atoms with Crippen molar-refractivity contribution in [1.82, 2.24) is 9.80 Å². The molecule has 1 N–H and O–H groups in total. The predicted molar refractivity (Wildman–Crippen MR) is 98.9 cm³/mol. The molecule has 0 amide bonds.